The summed E-state index contributed by atoms with van der Waals surface area (Å²) >= 11 is 1.33. The van der Waals surface area contributed by atoms with Crippen molar-refractivity contribution in [2.24, 2.45) is 5.16 Å². The molecule has 3 heterocycles. The van der Waals surface area contributed by atoms with Crippen molar-refractivity contribution in [1.82, 2.24) is 15.2 Å². The molecule has 4 N–H and O–H groups in total. The lowest BCUT2D eigenvalue weighted by Crippen LogP contribution is -2.71. The predicted molar refractivity (Wildman–Crippen MR) is 101 cm³/mol. The van der Waals surface area contributed by atoms with Gasteiger partial charge in [-0.1, -0.05) is 5.16 Å². The van der Waals surface area contributed by atoms with Gasteiger partial charge in [0.25, 0.3) is 17.8 Å². The van der Waals surface area contributed by atoms with E-state index >= 15 is 0 Å². The first-order valence-electron chi connectivity index (χ1n) is 8.50. The highest BCUT2D eigenvalue weighted by atomic mass is 32.2. The van der Waals surface area contributed by atoms with Crippen molar-refractivity contribution in [3.63, 3.8) is 0 Å². The van der Waals surface area contributed by atoms with E-state index in [4.69, 9.17) is 19.7 Å². The number of thioether (sulfide) groups is 1. The summed E-state index contributed by atoms with van der Waals surface area (Å²) in [6, 6.07) is -1.09. The zero-order chi connectivity index (χ0) is 21.1. The van der Waals surface area contributed by atoms with Crippen LogP contribution in [0.3, 0.4) is 0 Å². The summed E-state index contributed by atoms with van der Waals surface area (Å²) in [5.41, 5.74) is 5.65. The number of ether oxygens (including phenoxy) is 1. The highest BCUT2D eigenvalue weighted by Crippen LogP contribution is 2.40. The number of carbonyl (C=O) groups excluding carboxylic acids is 2. The van der Waals surface area contributed by atoms with Gasteiger partial charge in [-0.15, -0.1) is 11.8 Å². The molecule has 13 heteroatoms. The number of anilines is 1. The quantitative estimate of drug-likeness (QED) is 0.277. The molecule has 0 unspecified atom stereocenters. The van der Waals surface area contributed by atoms with Gasteiger partial charge in [-0.05, 0) is 12.5 Å². The number of nitrogens with two attached hydrogens (primary N) is 1. The molecular weight excluding hydrogens is 406 g/mol. The molecular formula is C16H19N5O7S. The van der Waals surface area contributed by atoms with Gasteiger partial charge in [0.1, 0.15) is 35.7 Å². The van der Waals surface area contributed by atoms with Crippen LogP contribution >= 0.6 is 11.8 Å². The summed E-state index contributed by atoms with van der Waals surface area (Å²) in [6.45, 7) is 1.98. The van der Waals surface area contributed by atoms with E-state index in [0.29, 0.717) is 11.3 Å². The number of oxime groups is 1. The first-order valence-corrected chi connectivity index (χ1v) is 9.55. The molecule has 1 saturated heterocycles. The summed E-state index contributed by atoms with van der Waals surface area (Å²) in [4.78, 5) is 46.9. The summed E-state index contributed by atoms with van der Waals surface area (Å²) < 4.78 is 9.91. The lowest BCUT2D eigenvalue weighted by atomic mass is 10.0. The highest BCUT2D eigenvalue weighted by Gasteiger charge is 2.54. The summed E-state index contributed by atoms with van der Waals surface area (Å²) in [5.74, 6) is -2.14. The number of fused-ring (bicyclic) bond motifs is 1. The average molecular weight is 425 g/mol. The number of β-lactam (4-membered cyclic amide) rings is 1. The SMILES string of the molecule is CCO/N=C(\C(=O)N[C@@H]1C(=O)N2C(C(=O)O)=C(COC)CS[C@H]12)c1coc(N)n1. The number of hydrogen-bond acceptors (Lipinski definition) is 10. The number of nitrogens with zero attached hydrogens (tertiary/aromatic N) is 3. The first-order chi connectivity index (χ1) is 13.9. The molecule has 0 bridgehead atoms. The number of amides is 2. The number of nitrogens with one attached hydrogen (secondary N) is 1. The Morgan fingerprint density at radius 1 is 1.55 bits per heavy atom. The lowest BCUT2D eigenvalue weighted by Gasteiger charge is -2.49. The molecule has 2 aliphatic heterocycles. The lowest BCUT2D eigenvalue weighted by molar-refractivity contribution is -0.150. The molecule has 2 aliphatic rings. The van der Waals surface area contributed by atoms with Crippen molar-refractivity contribution in [2.75, 3.05) is 31.8 Å². The van der Waals surface area contributed by atoms with Gasteiger partial charge >= 0.3 is 5.97 Å². The fourth-order valence-electron chi connectivity index (χ4n) is 2.91. The molecule has 1 aromatic heterocycles. The highest BCUT2D eigenvalue weighted by molar-refractivity contribution is 8.00. The van der Waals surface area contributed by atoms with E-state index in [1.165, 1.54) is 18.9 Å². The maximum atomic E-state index is 12.7. The van der Waals surface area contributed by atoms with Crippen LogP contribution in [-0.2, 0) is 24.0 Å². The molecule has 0 radical (unpaired) electrons. The molecule has 12 nitrogen and oxygen atoms in total. The van der Waals surface area contributed by atoms with E-state index in [1.54, 1.807) is 6.92 Å². The number of aromatic nitrogens is 1. The minimum atomic E-state index is -1.22. The van der Waals surface area contributed by atoms with Crippen LogP contribution in [0.1, 0.15) is 12.6 Å². The van der Waals surface area contributed by atoms with Gasteiger partial charge in [-0.3, -0.25) is 14.5 Å². The number of aliphatic carboxylic acids is 1. The fourth-order valence-corrected chi connectivity index (χ4v) is 4.24. The Labute approximate surface area is 169 Å². The summed E-state index contributed by atoms with van der Waals surface area (Å²) in [5, 5.41) is 15.2. The second kappa shape index (κ2) is 8.53. The molecule has 156 valence electrons. The number of oxazole rings is 1. The maximum absolute atomic E-state index is 12.7. The van der Waals surface area contributed by atoms with E-state index in [9.17, 15) is 19.5 Å². The van der Waals surface area contributed by atoms with Gasteiger partial charge in [0, 0.05) is 12.9 Å². The Kier molecular flexibility index (Phi) is 6.08. The van der Waals surface area contributed by atoms with Crippen molar-refractivity contribution in [3.8, 4) is 0 Å². The minimum absolute atomic E-state index is 0.0434. The molecule has 0 aromatic carbocycles. The third-order valence-electron chi connectivity index (χ3n) is 4.12. The maximum Gasteiger partial charge on any atom is 0.352 e. The number of rotatable bonds is 8. The normalized spacial score (nSPS) is 21.5. The van der Waals surface area contributed by atoms with Crippen LogP contribution < -0.4 is 11.1 Å². The second-order valence-corrected chi connectivity index (χ2v) is 7.08. The van der Waals surface area contributed by atoms with Crippen LogP contribution in [0.15, 0.2) is 27.1 Å². The second-order valence-electron chi connectivity index (χ2n) is 5.98. The zero-order valence-corrected chi connectivity index (χ0v) is 16.4. The number of nitrogen functional groups attached to an aromatic ring is 1. The zero-order valence-electron chi connectivity index (χ0n) is 15.6. The van der Waals surface area contributed by atoms with Crippen LogP contribution in [-0.4, -0.2) is 76.0 Å². The smallest absolute Gasteiger partial charge is 0.352 e. The number of hydrogen-bond donors (Lipinski definition) is 3. The van der Waals surface area contributed by atoms with E-state index < -0.39 is 29.2 Å². The third kappa shape index (κ3) is 3.91. The molecule has 0 aliphatic carbocycles. The van der Waals surface area contributed by atoms with Gasteiger partial charge in [0.05, 0.1) is 6.61 Å². The third-order valence-corrected chi connectivity index (χ3v) is 5.46. The van der Waals surface area contributed by atoms with Crippen LogP contribution in [0.5, 0.6) is 0 Å². The van der Waals surface area contributed by atoms with E-state index in [-0.39, 0.29) is 36.3 Å². The number of carbonyl (C=O) groups is 3. The molecule has 1 fully saturated rings. The van der Waals surface area contributed by atoms with Crippen LogP contribution in [0.25, 0.3) is 0 Å². The molecule has 0 spiro atoms. The number of methoxy groups -OCH3 is 1. The Morgan fingerprint density at radius 2 is 2.31 bits per heavy atom. The molecule has 2 amide bonds. The van der Waals surface area contributed by atoms with Crippen LogP contribution in [0.2, 0.25) is 0 Å². The Morgan fingerprint density at radius 3 is 2.90 bits per heavy atom. The molecule has 2 atom stereocenters. The van der Waals surface area contributed by atoms with Gasteiger partial charge in [-0.2, -0.15) is 4.98 Å². The summed E-state index contributed by atoms with van der Waals surface area (Å²) in [7, 11) is 1.44. The summed E-state index contributed by atoms with van der Waals surface area (Å²) in [6.07, 6.45) is 1.14. The molecule has 3 rings (SSSR count). The largest absolute Gasteiger partial charge is 0.477 e. The minimum Gasteiger partial charge on any atom is -0.477 e. The van der Waals surface area contributed by atoms with E-state index in [0.717, 1.165) is 11.2 Å². The monoisotopic (exact) mass is 425 g/mol. The van der Waals surface area contributed by atoms with Crippen LogP contribution in [0.4, 0.5) is 6.01 Å². The standard InChI is InChI=1S/C16H19N5O7S/c1-3-28-20-9(8-5-27-16(17)18-8)12(22)19-10-13(23)21-11(15(24)25)7(4-26-2)6-29-14(10)21/h5,10,14H,3-4,6H2,1-2H3,(H2,17,18)(H,19,22)(H,24,25)/b20-9-/t10-,14-/m1/s1. The van der Waals surface area contributed by atoms with Crippen molar-refractivity contribution < 1.29 is 33.5 Å². The Hall–Kier alpha value is -3.06. The fraction of sp³-hybridized carbons (Fsp3) is 0.438. The Balaban J connectivity index is 1.79. The predicted octanol–water partition coefficient (Wildman–Crippen LogP) is -0.618. The van der Waals surface area contributed by atoms with Crippen molar-refractivity contribution in [3.05, 3.63) is 23.2 Å². The van der Waals surface area contributed by atoms with E-state index in [1.807, 2.05) is 0 Å². The average Bonchev–Trinajstić information content (AvgIpc) is 3.12. The van der Waals surface area contributed by atoms with Gasteiger partial charge < -0.3 is 30.1 Å². The molecule has 1 aromatic rings. The number of carboxylic acid groups (broad SMARTS) is 1. The van der Waals surface area contributed by atoms with Crippen molar-refractivity contribution >= 4 is 41.3 Å². The van der Waals surface area contributed by atoms with Gasteiger partial charge in [0.2, 0.25) is 0 Å². The first kappa shape index (κ1) is 20.7. The number of carboxylic acids is 1. The van der Waals surface area contributed by atoms with Crippen LogP contribution in [0, 0.1) is 0 Å². The molecule has 0 saturated carbocycles. The van der Waals surface area contributed by atoms with Gasteiger partial charge in [-0.25, -0.2) is 4.79 Å². The molecule has 29 heavy (non-hydrogen) atoms. The van der Waals surface area contributed by atoms with E-state index in [2.05, 4.69) is 15.5 Å². The Bertz CT molecular complexity index is 896. The van der Waals surface area contributed by atoms with Crippen molar-refractivity contribution in [2.45, 2.75) is 18.3 Å². The van der Waals surface area contributed by atoms with Gasteiger partial charge in [0.15, 0.2) is 5.71 Å². The van der Waals surface area contributed by atoms with Crippen molar-refractivity contribution in [1.29, 1.82) is 0 Å². The topological polar surface area (TPSA) is 170 Å².